The molecule has 0 saturated heterocycles. The average Bonchev–Trinajstić information content (AvgIpc) is 2.71. The molecule has 0 atom stereocenters. The lowest BCUT2D eigenvalue weighted by atomic mass is 10.2. The van der Waals surface area contributed by atoms with E-state index in [1.807, 2.05) is 19.1 Å². The van der Waals surface area contributed by atoms with Crippen molar-refractivity contribution in [3.05, 3.63) is 35.2 Å². The molecule has 0 aliphatic rings. The molecule has 4 nitrogen and oxygen atoms in total. The first-order valence-electron chi connectivity index (χ1n) is 5.28. The number of aromatic nitrogens is 2. The molecule has 17 heavy (non-hydrogen) atoms. The molecule has 88 valence electrons. The molecule has 1 N–H and O–H groups in total. The number of amides is 1. The molecule has 0 saturated carbocycles. The van der Waals surface area contributed by atoms with Crippen LogP contribution in [-0.4, -0.2) is 22.9 Å². The Morgan fingerprint density at radius 3 is 2.76 bits per heavy atom. The van der Waals surface area contributed by atoms with Crippen molar-refractivity contribution >= 4 is 17.2 Å². The van der Waals surface area contributed by atoms with Gasteiger partial charge in [-0.05, 0) is 24.6 Å². The Bertz CT molecular complexity index is 522. The Morgan fingerprint density at radius 1 is 1.41 bits per heavy atom. The lowest BCUT2D eigenvalue weighted by molar-refractivity contribution is -0.119. The van der Waals surface area contributed by atoms with Crippen LogP contribution in [0.4, 0.5) is 0 Å². The number of aryl methyl sites for hydroxylation is 1. The minimum absolute atomic E-state index is 0.0139. The van der Waals surface area contributed by atoms with Crippen molar-refractivity contribution < 1.29 is 4.79 Å². The fourth-order valence-electron chi connectivity index (χ4n) is 1.52. The summed E-state index contributed by atoms with van der Waals surface area (Å²) in [7, 11) is 1.63. The Morgan fingerprint density at radius 2 is 2.12 bits per heavy atom. The van der Waals surface area contributed by atoms with E-state index < -0.39 is 0 Å². The van der Waals surface area contributed by atoms with Gasteiger partial charge in [0.05, 0.1) is 17.0 Å². The van der Waals surface area contributed by atoms with E-state index in [-0.39, 0.29) is 5.91 Å². The molecule has 2 aromatic rings. The zero-order valence-corrected chi connectivity index (χ0v) is 10.5. The van der Waals surface area contributed by atoms with Gasteiger partial charge in [0.1, 0.15) is 5.01 Å². The van der Waals surface area contributed by atoms with E-state index in [1.165, 1.54) is 0 Å². The first kappa shape index (κ1) is 11.7. The van der Waals surface area contributed by atoms with Gasteiger partial charge in [-0.3, -0.25) is 9.78 Å². The van der Waals surface area contributed by atoms with Crippen LogP contribution in [0.25, 0.3) is 10.4 Å². The fourth-order valence-corrected chi connectivity index (χ4v) is 2.59. The third-order valence-corrected chi connectivity index (χ3v) is 3.58. The van der Waals surface area contributed by atoms with Gasteiger partial charge in [0.25, 0.3) is 0 Å². The molecule has 1 amide bonds. The Hall–Kier alpha value is -1.75. The Kier molecular flexibility index (Phi) is 3.49. The molecular formula is C12H13N3OS. The van der Waals surface area contributed by atoms with Crippen molar-refractivity contribution in [2.45, 2.75) is 13.3 Å². The van der Waals surface area contributed by atoms with Gasteiger partial charge in [-0.2, -0.15) is 0 Å². The predicted molar refractivity (Wildman–Crippen MR) is 67.9 cm³/mol. The van der Waals surface area contributed by atoms with Crippen LogP contribution in [0.3, 0.4) is 0 Å². The smallest absolute Gasteiger partial charge is 0.226 e. The maximum Gasteiger partial charge on any atom is 0.226 e. The minimum atomic E-state index is -0.0139. The molecule has 0 fully saturated rings. The highest BCUT2D eigenvalue weighted by Crippen LogP contribution is 2.29. The molecule has 0 unspecified atom stereocenters. The first-order chi connectivity index (χ1) is 8.20. The maximum absolute atomic E-state index is 11.3. The summed E-state index contributed by atoms with van der Waals surface area (Å²) < 4.78 is 0. The number of carbonyl (C=O) groups is 1. The number of nitrogens with one attached hydrogen (secondary N) is 1. The first-order valence-corrected chi connectivity index (χ1v) is 6.09. The number of nitrogens with zero attached hydrogens (tertiary/aromatic N) is 2. The van der Waals surface area contributed by atoms with Crippen molar-refractivity contribution in [2.75, 3.05) is 7.05 Å². The maximum atomic E-state index is 11.3. The third kappa shape index (κ3) is 2.68. The van der Waals surface area contributed by atoms with Crippen LogP contribution in [-0.2, 0) is 11.2 Å². The summed E-state index contributed by atoms with van der Waals surface area (Å²) in [6.07, 6.45) is 3.85. The standard InChI is InChI=1S/C12H13N3OS/c1-8-12(9-3-5-14-6-4-9)17-11(15-8)7-10(16)13-2/h3-6H,7H2,1-2H3,(H,13,16). The quantitative estimate of drug-likeness (QED) is 0.899. The molecule has 2 aromatic heterocycles. The number of pyridine rings is 1. The van der Waals surface area contributed by atoms with Crippen molar-refractivity contribution in [2.24, 2.45) is 0 Å². The second kappa shape index (κ2) is 5.05. The van der Waals surface area contributed by atoms with Crippen molar-refractivity contribution in [1.82, 2.24) is 15.3 Å². The molecule has 0 aromatic carbocycles. The summed E-state index contributed by atoms with van der Waals surface area (Å²) in [5.74, 6) is -0.0139. The van der Waals surface area contributed by atoms with Crippen molar-refractivity contribution in [3.63, 3.8) is 0 Å². The second-order valence-corrected chi connectivity index (χ2v) is 4.69. The minimum Gasteiger partial charge on any atom is -0.359 e. The fraction of sp³-hybridized carbons (Fsp3) is 0.250. The number of thiazole rings is 1. The zero-order chi connectivity index (χ0) is 12.3. The number of rotatable bonds is 3. The normalized spacial score (nSPS) is 10.2. The molecular weight excluding hydrogens is 234 g/mol. The monoisotopic (exact) mass is 247 g/mol. The highest BCUT2D eigenvalue weighted by molar-refractivity contribution is 7.15. The van der Waals surface area contributed by atoms with Gasteiger partial charge in [-0.1, -0.05) is 0 Å². The molecule has 0 aliphatic heterocycles. The second-order valence-electron chi connectivity index (χ2n) is 3.61. The van der Waals surface area contributed by atoms with E-state index in [2.05, 4.69) is 15.3 Å². The third-order valence-electron chi connectivity index (χ3n) is 2.37. The predicted octanol–water partition coefficient (Wildman–Crippen LogP) is 1.80. The van der Waals surface area contributed by atoms with Gasteiger partial charge >= 0.3 is 0 Å². The summed E-state index contributed by atoms with van der Waals surface area (Å²) in [4.78, 5) is 20.8. The highest BCUT2D eigenvalue weighted by Gasteiger charge is 2.11. The average molecular weight is 247 g/mol. The number of hydrogen-bond acceptors (Lipinski definition) is 4. The molecule has 0 bridgehead atoms. The van der Waals surface area contributed by atoms with Crippen LogP contribution >= 0.6 is 11.3 Å². The molecule has 0 spiro atoms. The number of hydrogen-bond donors (Lipinski definition) is 1. The highest BCUT2D eigenvalue weighted by atomic mass is 32.1. The van der Waals surface area contributed by atoms with Crippen LogP contribution in [0.5, 0.6) is 0 Å². The lowest BCUT2D eigenvalue weighted by Gasteiger charge is -1.96. The zero-order valence-electron chi connectivity index (χ0n) is 9.73. The van der Waals surface area contributed by atoms with E-state index in [4.69, 9.17) is 0 Å². The van der Waals surface area contributed by atoms with E-state index in [0.29, 0.717) is 6.42 Å². The van der Waals surface area contributed by atoms with Crippen LogP contribution in [0.2, 0.25) is 0 Å². The van der Waals surface area contributed by atoms with E-state index in [9.17, 15) is 4.79 Å². The van der Waals surface area contributed by atoms with Crippen LogP contribution in [0, 0.1) is 6.92 Å². The van der Waals surface area contributed by atoms with E-state index >= 15 is 0 Å². The molecule has 5 heteroatoms. The van der Waals surface area contributed by atoms with Gasteiger partial charge < -0.3 is 5.32 Å². The van der Waals surface area contributed by atoms with E-state index in [1.54, 1.807) is 30.8 Å². The van der Waals surface area contributed by atoms with Crippen molar-refractivity contribution in [3.8, 4) is 10.4 Å². The number of likely N-dealkylation sites (N-methyl/N-ethyl adjacent to an activating group) is 1. The topological polar surface area (TPSA) is 54.9 Å². The molecule has 2 heterocycles. The van der Waals surface area contributed by atoms with Crippen molar-refractivity contribution in [1.29, 1.82) is 0 Å². The van der Waals surface area contributed by atoms with Gasteiger partial charge in [-0.15, -0.1) is 11.3 Å². The SMILES string of the molecule is CNC(=O)Cc1nc(C)c(-c2ccncc2)s1. The van der Waals surface area contributed by atoms with Crippen LogP contribution in [0.15, 0.2) is 24.5 Å². The van der Waals surface area contributed by atoms with Gasteiger partial charge in [-0.25, -0.2) is 4.98 Å². The van der Waals surface area contributed by atoms with E-state index in [0.717, 1.165) is 21.1 Å². The lowest BCUT2D eigenvalue weighted by Crippen LogP contribution is -2.19. The van der Waals surface area contributed by atoms with Gasteiger partial charge in [0, 0.05) is 19.4 Å². The van der Waals surface area contributed by atoms with Crippen LogP contribution < -0.4 is 5.32 Å². The van der Waals surface area contributed by atoms with Crippen LogP contribution in [0.1, 0.15) is 10.7 Å². The summed E-state index contributed by atoms with van der Waals surface area (Å²) in [6.45, 7) is 1.96. The summed E-state index contributed by atoms with van der Waals surface area (Å²) >= 11 is 1.56. The van der Waals surface area contributed by atoms with Gasteiger partial charge in [0.2, 0.25) is 5.91 Å². The summed E-state index contributed by atoms with van der Waals surface area (Å²) in [5, 5.41) is 3.44. The molecule has 0 radical (unpaired) electrons. The Balaban J connectivity index is 2.28. The molecule has 2 rings (SSSR count). The summed E-state index contributed by atoms with van der Waals surface area (Å²) in [6, 6.07) is 3.90. The largest absolute Gasteiger partial charge is 0.359 e. The number of carbonyl (C=O) groups excluding carboxylic acids is 1. The molecule has 0 aliphatic carbocycles. The van der Waals surface area contributed by atoms with Gasteiger partial charge in [0.15, 0.2) is 0 Å². The summed E-state index contributed by atoms with van der Waals surface area (Å²) in [5.41, 5.74) is 2.05. The Labute approximate surface area is 104 Å².